The van der Waals surface area contributed by atoms with E-state index in [1.165, 1.54) is 29.1 Å². The predicted molar refractivity (Wildman–Crippen MR) is 356 cm³/mol. The molecular weight excluding hydrogens is 1210 g/mol. The Hall–Kier alpha value is -5.28. The van der Waals surface area contributed by atoms with Crippen molar-refractivity contribution in [3.05, 3.63) is 105 Å². The number of carboxylic acid groups (broad SMARTS) is 1. The van der Waals surface area contributed by atoms with Gasteiger partial charge in [-0.25, -0.2) is 24.5 Å². The van der Waals surface area contributed by atoms with E-state index in [0.717, 1.165) is 186 Å². The second kappa shape index (κ2) is 32.5. The summed E-state index contributed by atoms with van der Waals surface area (Å²) in [6, 6.07) is 26.2. The van der Waals surface area contributed by atoms with E-state index in [9.17, 15) is 19.5 Å². The van der Waals surface area contributed by atoms with Crippen molar-refractivity contribution in [1.82, 2.24) is 35.4 Å². The van der Waals surface area contributed by atoms with Gasteiger partial charge < -0.3 is 44.5 Å². The van der Waals surface area contributed by atoms with Gasteiger partial charge in [-0.2, -0.15) is 0 Å². The van der Waals surface area contributed by atoms with Crippen molar-refractivity contribution in [2.24, 2.45) is 0 Å². The van der Waals surface area contributed by atoms with Gasteiger partial charge in [0.2, 0.25) is 0 Å². The lowest BCUT2D eigenvalue weighted by atomic mass is 9.91. The van der Waals surface area contributed by atoms with E-state index in [4.69, 9.17) is 52.1 Å². The van der Waals surface area contributed by atoms with Gasteiger partial charge in [0.1, 0.15) is 32.3 Å². The highest BCUT2D eigenvalue weighted by atomic mass is 35.5. The number of benzene rings is 3. The van der Waals surface area contributed by atoms with E-state index in [0.29, 0.717) is 44.0 Å². The quantitative estimate of drug-likeness (QED) is 0.0333. The number of nitrogens with one attached hydrogen (secondary N) is 2. The first kappa shape index (κ1) is 66.1. The first-order valence-electron chi connectivity index (χ1n) is 31.4. The fourth-order valence-electron chi connectivity index (χ4n) is 11.6. The number of aliphatic carboxylic acids is 1. The van der Waals surface area contributed by atoms with Crippen LogP contribution in [0.1, 0.15) is 147 Å². The summed E-state index contributed by atoms with van der Waals surface area (Å²) in [7, 11) is -1.21. The molecule has 21 heteroatoms. The van der Waals surface area contributed by atoms with Crippen LogP contribution in [0.4, 0.5) is 9.59 Å². The Morgan fingerprint density at radius 3 is 1.47 bits per heavy atom. The second-order valence-corrected chi connectivity index (χ2v) is 34.1. The molecule has 3 aromatic heterocycles. The number of aryl methyl sites for hydroxylation is 3. The Kier molecular flexibility index (Phi) is 24.7. The van der Waals surface area contributed by atoms with Crippen LogP contribution in [0, 0.1) is 0 Å². The number of fused-ring (bicyclic) bond motifs is 3. The van der Waals surface area contributed by atoms with Crippen molar-refractivity contribution in [1.29, 1.82) is 0 Å². The second-order valence-electron chi connectivity index (χ2n) is 24.5. The molecule has 0 spiro atoms. The highest BCUT2D eigenvalue weighted by molar-refractivity contribution is 7.15. The number of ether oxygens (including phenoxy) is 4. The lowest BCUT2D eigenvalue weighted by molar-refractivity contribution is -0.139. The number of rotatable bonds is 22. The van der Waals surface area contributed by atoms with Crippen molar-refractivity contribution in [3.63, 3.8) is 0 Å². The maximum absolute atomic E-state index is 12.8. The predicted octanol–water partition coefficient (Wildman–Crippen LogP) is 16.2. The molecule has 5 aliphatic rings. The van der Waals surface area contributed by atoms with Gasteiger partial charge in [-0.1, -0.05) is 19.6 Å². The fourth-order valence-corrected chi connectivity index (χ4v) is 16.0. The Balaban J connectivity index is 0.000000159. The minimum atomic E-state index is -1.21. The van der Waals surface area contributed by atoms with Crippen molar-refractivity contribution in [3.8, 4) is 49.0 Å². The summed E-state index contributed by atoms with van der Waals surface area (Å²) >= 11 is 16.4. The van der Waals surface area contributed by atoms with E-state index < -0.39 is 20.0 Å². The molecule has 0 saturated carbocycles. The Bertz CT molecular complexity index is 3160. The molecule has 5 heterocycles. The van der Waals surface area contributed by atoms with Gasteiger partial charge in [0.25, 0.3) is 0 Å². The van der Waals surface area contributed by atoms with Gasteiger partial charge in [-0.15, -0.1) is 57.2 Å². The summed E-state index contributed by atoms with van der Waals surface area (Å²) in [6.45, 7) is 17.0. The molecule has 2 aliphatic heterocycles. The molecule has 3 aromatic carbocycles. The van der Waals surface area contributed by atoms with Crippen LogP contribution in [-0.2, 0) is 28.8 Å². The summed E-state index contributed by atoms with van der Waals surface area (Å²) in [5.74, 6) is 2.53. The molecule has 3 N–H and O–H groups in total. The number of alkyl halides is 2. The third kappa shape index (κ3) is 18.9. The number of urea groups is 1. The van der Waals surface area contributed by atoms with E-state index in [2.05, 4.69) is 78.3 Å². The monoisotopic (exact) mass is 1300 g/mol. The van der Waals surface area contributed by atoms with Crippen LogP contribution in [0.25, 0.3) is 31.7 Å². The normalized spacial score (nSPS) is 19.7. The average molecular weight is 1300 g/mol. The zero-order valence-corrected chi connectivity index (χ0v) is 56.2. The van der Waals surface area contributed by atoms with Crippen LogP contribution >= 0.6 is 57.2 Å². The molecule has 0 radical (unpaired) electrons. The maximum atomic E-state index is 12.8. The van der Waals surface area contributed by atoms with Crippen molar-refractivity contribution in [2.45, 2.75) is 172 Å². The lowest BCUT2D eigenvalue weighted by Crippen LogP contribution is -2.43. The van der Waals surface area contributed by atoms with Crippen LogP contribution in [-0.4, -0.2) is 126 Å². The SMILES string of the molecule is CC1CCCN1CCCOc1ccc(-c2nc3c(s2)CCCC3NC(=O)N2CCCC2C)cc1.C[Si](C)(C)CCOC(=O)NC1CCCc2sc(-c3ccc(OCCCCl)cc3)nc21.O=C(O)C1CCCc2sc(-c3ccc(OCCCCl)cc3)nc21. The summed E-state index contributed by atoms with van der Waals surface area (Å²) in [5.41, 5.74) is 6.00. The van der Waals surface area contributed by atoms with E-state index >= 15 is 0 Å². The zero-order chi connectivity index (χ0) is 61.3. The highest BCUT2D eigenvalue weighted by Gasteiger charge is 2.33. The van der Waals surface area contributed by atoms with Gasteiger partial charge in [0.15, 0.2) is 0 Å². The summed E-state index contributed by atoms with van der Waals surface area (Å²) in [4.78, 5) is 59.2. The molecule has 470 valence electrons. The van der Waals surface area contributed by atoms with Crippen LogP contribution < -0.4 is 24.8 Å². The minimum Gasteiger partial charge on any atom is -0.494 e. The van der Waals surface area contributed by atoms with Crippen LogP contribution in [0.3, 0.4) is 0 Å². The number of carboxylic acids is 1. The number of nitrogens with zero attached hydrogens (tertiary/aromatic N) is 5. The van der Waals surface area contributed by atoms with Crippen LogP contribution in [0.15, 0.2) is 72.8 Å². The van der Waals surface area contributed by atoms with Crippen molar-refractivity contribution in [2.75, 3.05) is 57.8 Å². The molecule has 5 atom stereocenters. The topological polar surface area (TPSA) is 178 Å². The number of carbonyl (C=O) groups excluding carboxylic acids is 2. The number of amides is 3. The van der Waals surface area contributed by atoms with Crippen LogP contribution in [0.2, 0.25) is 25.7 Å². The van der Waals surface area contributed by atoms with Crippen molar-refractivity contribution >= 4 is 83.4 Å². The van der Waals surface area contributed by atoms with Gasteiger partial charge in [0.05, 0.1) is 61.5 Å². The molecule has 6 aromatic rings. The van der Waals surface area contributed by atoms with E-state index in [-0.39, 0.29) is 24.2 Å². The Labute approximate surface area is 537 Å². The molecule has 2 saturated heterocycles. The number of hydrogen-bond donors (Lipinski definition) is 3. The number of halogens is 2. The van der Waals surface area contributed by atoms with E-state index in [1.807, 2.05) is 53.4 Å². The fraction of sp³-hybridized carbons (Fsp3) is 0.545. The summed E-state index contributed by atoms with van der Waals surface area (Å²) in [6.07, 6.45) is 15.8. The molecule has 11 rings (SSSR count). The minimum absolute atomic E-state index is 0.0231. The number of aromatic nitrogens is 3. The van der Waals surface area contributed by atoms with Crippen LogP contribution in [0.5, 0.6) is 17.2 Å². The standard InChI is InChI=1S/C27H38N4O2S.C22H31ClN2O3SSi.C17H18ClNO3S/c1-19-7-4-15-30(19)16-6-18-33-22-13-11-21(12-14-22)26-29-25-23(9-3-10-24(25)34-26)28-27(32)31-17-5-8-20(31)2;1-30(2,3)15-14-28-22(26)24-18-6-4-7-19-20(18)25-21(29-19)16-8-10-17(11-9-16)27-13-5-12-23;18-9-2-10-22-12-7-5-11(6-8-12)16-19-15-13(17(20)21)3-1-4-14(15)23-16/h11-14,19-20,23H,3-10,15-18H2,1-2H3,(H,28,32);8-11,18H,4-7,12-15H2,1-3H3,(H,24,26);5-8,13H,1-4,9-10H2,(H,20,21). The molecule has 0 bridgehead atoms. The van der Waals surface area contributed by atoms with Crippen molar-refractivity contribution < 1.29 is 38.4 Å². The number of likely N-dealkylation sites (tertiary alicyclic amines) is 2. The first-order chi connectivity index (χ1) is 42.1. The molecule has 3 aliphatic carbocycles. The summed E-state index contributed by atoms with van der Waals surface area (Å²) < 4.78 is 22.7. The zero-order valence-electron chi connectivity index (χ0n) is 51.2. The highest BCUT2D eigenvalue weighted by Crippen LogP contribution is 2.41. The molecule has 15 nitrogen and oxygen atoms in total. The number of carbonyl (C=O) groups is 3. The van der Waals surface area contributed by atoms with Gasteiger partial charge >= 0.3 is 18.1 Å². The average Bonchev–Trinajstić information content (AvgIpc) is 2.50. The molecule has 2 fully saturated rings. The molecular formula is C66H87Cl2N7O8S3Si. The Morgan fingerprint density at radius 2 is 1.02 bits per heavy atom. The van der Waals surface area contributed by atoms with Gasteiger partial charge in [-0.3, -0.25) is 4.79 Å². The largest absolute Gasteiger partial charge is 0.494 e. The third-order valence-corrected chi connectivity index (χ3v) is 22.4. The first-order valence-corrected chi connectivity index (χ1v) is 38.6. The summed E-state index contributed by atoms with van der Waals surface area (Å²) in [5, 5.41) is 18.6. The molecule has 3 amide bonds. The van der Waals surface area contributed by atoms with E-state index in [1.54, 1.807) is 34.0 Å². The number of alkyl carbamates (subject to hydrolysis) is 1. The molecule has 87 heavy (non-hydrogen) atoms. The lowest BCUT2D eigenvalue weighted by Gasteiger charge is -2.27. The van der Waals surface area contributed by atoms with Gasteiger partial charge in [0, 0.05) is 76.3 Å². The maximum Gasteiger partial charge on any atom is 0.407 e. The number of thiazole rings is 3. The third-order valence-electron chi connectivity index (χ3n) is 16.6. The number of hydrogen-bond acceptors (Lipinski definition) is 14. The Morgan fingerprint density at radius 1 is 0.575 bits per heavy atom. The molecule has 5 unspecified atom stereocenters. The smallest absolute Gasteiger partial charge is 0.407 e. The van der Waals surface area contributed by atoms with Gasteiger partial charge in [-0.05, 0) is 202 Å².